The molecule has 3 fully saturated rings. The van der Waals surface area contributed by atoms with Crippen LogP contribution in [0, 0.1) is 0 Å². The minimum absolute atomic E-state index is 0.476. The molecule has 0 N–H and O–H groups in total. The van der Waals surface area contributed by atoms with E-state index in [0.29, 0.717) is 17.2 Å². The van der Waals surface area contributed by atoms with Gasteiger partial charge in [0.25, 0.3) is 0 Å². The van der Waals surface area contributed by atoms with Crippen molar-refractivity contribution in [2.45, 2.75) is 114 Å². The molecule has 0 radical (unpaired) electrons. The van der Waals surface area contributed by atoms with Crippen molar-refractivity contribution in [3.05, 3.63) is 29.8 Å². The molecule has 0 spiro atoms. The fourth-order valence-corrected chi connectivity index (χ4v) is 10.8. The molecule has 0 aromatic heterocycles. The van der Waals surface area contributed by atoms with E-state index in [1.807, 2.05) is 0 Å². The molecule has 0 aliphatic heterocycles. The molecule has 0 bridgehead atoms. The minimum Gasteiger partial charge on any atom is -0.318 e. The number of hydrogen-bond donors (Lipinski definition) is 0. The predicted octanol–water partition coefficient (Wildman–Crippen LogP) is 7.39. The maximum atomic E-state index is 15.0. The lowest BCUT2D eigenvalue weighted by atomic mass is 9.84. The van der Waals surface area contributed by atoms with Crippen molar-refractivity contribution < 1.29 is 4.57 Å². The van der Waals surface area contributed by atoms with Gasteiger partial charge >= 0.3 is 0 Å². The van der Waals surface area contributed by atoms with Crippen molar-refractivity contribution >= 4 is 12.4 Å². The zero-order chi connectivity index (χ0) is 17.8. The van der Waals surface area contributed by atoms with Gasteiger partial charge in [-0.05, 0) is 50.0 Å². The van der Waals surface area contributed by atoms with E-state index in [1.54, 1.807) is 0 Å². The summed E-state index contributed by atoms with van der Waals surface area (Å²) in [6.07, 6.45) is 19.5. The Morgan fingerprint density at radius 2 is 1.08 bits per heavy atom. The van der Waals surface area contributed by atoms with Gasteiger partial charge in [0.1, 0.15) is 7.14 Å². The van der Waals surface area contributed by atoms with Crippen LogP contribution < -0.4 is 5.30 Å². The molecule has 1 aromatic carbocycles. The average Bonchev–Trinajstić information content (AvgIpc) is 2.75. The van der Waals surface area contributed by atoms with Crippen LogP contribution in [0.2, 0.25) is 0 Å². The van der Waals surface area contributed by atoms with Crippen LogP contribution in [-0.4, -0.2) is 11.3 Å². The molecule has 1 aromatic rings. The molecule has 2 heteroatoms. The Morgan fingerprint density at radius 3 is 1.62 bits per heavy atom. The van der Waals surface area contributed by atoms with Crippen molar-refractivity contribution in [1.29, 1.82) is 0 Å². The second-order valence-corrected chi connectivity index (χ2v) is 12.5. The first-order valence-corrected chi connectivity index (χ1v) is 13.3. The first-order valence-electron chi connectivity index (χ1n) is 11.5. The van der Waals surface area contributed by atoms with Gasteiger partial charge in [-0.15, -0.1) is 0 Å². The summed E-state index contributed by atoms with van der Waals surface area (Å²) in [6, 6.07) is 9.04. The van der Waals surface area contributed by atoms with Crippen LogP contribution >= 0.6 is 7.14 Å². The van der Waals surface area contributed by atoms with E-state index in [4.69, 9.17) is 0 Å². The van der Waals surface area contributed by atoms with Crippen molar-refractivity contribution in [2.75, 3.05) is 0 Å². The van der Waals surface area contributed by atoms with Crippen molar-refractivity contribution in [1.82, 2.24) is 0 Å². The third-order valence-corrected chi connectivity index (χ3v) is 12.0. The smallest absolute Gasteiger partial charge is 0.121 e. The first-order chi connectivity index (χ1) is 12.8. The van der Waals surface area contributed by atoms with Gasteiger partial charge in [-0.25, -0.2) is 0 Å². The monoisotopic (exact) mass is 372 g/mol. The fourth-order valence-electron chi connectivity index (χ4n) is 6.19. The maximum absolute atomic E-state index is 15.0. The van der Waals surface area contributed by atoms with Gasteiger partial charge in [0.2, 0.25) is 0 Å². The molecular formula is C24H37OP. The normalized spacial score (nSPS) is 24.6. The molecule has 3 aliphatic carbocycles. The summed E-state index contributed by atoms with van der Waals surface area (Å²) < 4.78 is 15.0. The summed E-state index contributed by atoms with van der Waals surface area (Å²) in [4.78, 5) is 0. The SMILES string of the molecule is O=P(c1ccccc1C1CCCCC1)(C1CCCCC1)C1CCCCC1. The highest BCUT2D eigenvalue weighted by molar-refractivity contribution is 7.73. The molecule has 4 rings (SSSR count). The summed E-state index contributed by atoms with van der Waals surface area (Å²) in [5, 5.41) is 1.34. The Kier molecular flexibility index (Phi) is 6.25. The van der Waals surface area contributed by atoms with Gasteiger partial charge in [0.15, 0.2) is 0 Å². The minimum atomic E-state index is -2.33. The molecule has 144 valence electrons. The summed E-state index contributed by atoms with van der Waals surface area (Å²) in [5.41, 5.74) is 2.44. The summed E-state index contributed by atoms with van der Waals surface area (Å²) in [6.45, 7) is 0. The Bertz CT molecular complexity index is 597. The van der Waals surface area contributed by atoms with Gasteiger partial charge in [-0.2, -0.15) is 0 Å². The highest BCUT2D eigenvalue weighted by Gasteiger charge is 2.44. The van der Waals surface area contributed by atoms with Crippen LogP contribution in [-0.2, 0) is 4.57 Å². The van der Waals surface area contributed by atoms with Crippen molar-refractivity contribution in [3.8, 4) is 0 Å². The van der Waals surface area contributed by atoms with Gasteiger partial charge in [0.05, 0.1) is 0 Å². The van der Waals surface area contributed by atoms with E-state index in [9.17, 15) is 4.57 Å². The molecule has 0 heterocycles. The standard InChI is InChI=1S/C24H37OP/c25-26(21-14-6-2-7-15-21,22-16-8-3-9-17-22)24-19-11-10-18-23(24)20-12-4-1-5-13-20/h10-11,18-22H,1-9,12-17H2. The number of benzene rings is 1. The van der Waals surface area contributed by atoms with Crippen LogP contribution in [0.5, 0.6) is 0 Å². The molecule has 3 aliphatic rings. The number of hydrogen-bond acceptors (Lipinski definition) is 1. The lowest BCUT2D eigenvalue weighted by molar-refractivity contribution is 0.441. The Hall–Kier alpha value is -0.550. The molecule has 0 unspecified atom stereocenters. The van der Waals surface area contributed by atoms with Crippen molar-refractivity contribution in [3.63, 3.8) is 0 Å². The van der Waals surface area contributed by atoms with E-state index in [2.05, 4.69) is 24.3 Å². The summed E-state index contributed by atoms with van der Waals surface area (Å²) in [7, 11) is -2.33. The fraction of sp³-hybridized carbons (Fsp3) is 0.750. The first kappa shape index (κ1) is 18.8. The molecule has 3 saturated carbocycles. The van der Waals surface area contributed by atoms with Gasteiger partial charge in [-0.3, -0.25) is 0 Å². The second-order valence-electron chi connectivity index (χ2n) is 9.19. The van der Waals surface area contributed by atoms with Crippen LogP contribution in [0.15, 0.2) is 24.3 Å². The highest BCUT2D eigenvalue weighted by Crippen LogP contribution is 2.62. The van der Waals surface area contributed by atoms with E-state index in [1.165, 1.54) is 107 Å². The quantitative estimate of drug-likeness (QED) is 0.504. The molecule has 0 atom stereocenters. The van der Waals surface area contributed by atoms with E-state index >= 15 is 0 Å². The predicted molar refractivity (Wildman–Crippen MR) is 113 cm³/mol. The summed E-state index contributed by atoms with van der Waals surface area (Å²) in [5.74, 6) is 0.667. The van der Waals surface area contributed by atoms with E-state index in [0.717, 1.165) is 0 Å². The second kappa shape index (κ2) is 8.64. The molecule has 0 amide bonds. The molecular weight excluding hydrogens is 335 g/mol. The van der Waals surface area contributed by atoms with Crippen LogP contribution in [0.1, 0.15) is 108 Å². The largest absolute Gasteiger partial charge is 0.318 e. The van der Waals surface area contributed by atoms with Gasteiger partial charge in [0, 0.05) is 16.6 Å². The van der Waals surface area contributed by atoms with Crippen LogP contribution in [0.4, 0.5) is 0 Å². The van der Waals surface area contributed by atoms with Gasteiger partial charge < -0.3 is 4.57 Å². The third kappa shape index (κ3) is 3.71. The number of rotatable bonds is 4. The zero-order valence-electron chi connectivity index (χ0n) is 16.5. The maximum Gasteiger partial charge on any atom is 0.121 e. The van der Waals surface area contributed by atoms with Crippen molar-refractivity contribution in [2.24, 2.45) is 0 Å². The van der Waals surface area contributed by atoms with Crippen LogP contribution in [0.25, 0.3) is 0 Å². The Labute approximate surface area is 160 Å². The third-order valence-electron chi connectivity index (χ3n) is 7.59. The molecule has 0 saturated heterocycles. The lowest BCUT2D eigenvalue weighted by Gasteiger charge is -2.40. The van der Waals surface area contributed by atoms with E-state index in [-0.39, 0.29) is 0 Å². The average molecular weight is 373 g/mol. The van der Waals surface area contributed by atoms with Gasteiger partial charge in [-0.1, -0.05) is 82.1 Å². The van der Waals surface area contributed by atoms with Crippen LogP contribution in [0.3, 0.4) is 0 Å². The van der Waals surface area contributed by atoms with E-state index < -0.39 is 7.14 Å². The Morgan fingerprint density at radius 1 is 0.615 bits per heavy atom. The lowest BCUT2D eigenvalue weighted by Crippen LogP contribution is -2.32. The molecule has 26 heavy (non-hydrogen) atoms. The molecule has 1 nitrogen and oxygen atoms in total. The highest BCUT2D eigenvalue weighted by atomic mass is 31.2. The zero-order valence-corrected chi connectivity index (χ0v) is 17.4. The topological polar surface area (TPSA) is 17.1 Å². The Balaban J connectivity index is 1.75. The summed E-state index contributed by atoms with van der Waals surface area (Å²) >= 11 is 0.